The normalized spacial score (nSPS) is 16.9. The number of benzene rings is 1. The average molecular weight is 225 g/mol. The minimum Gasteiger partial charge on any atom is -0.491 e. The maximum Gasteiger partial charge on any atom is 0.342 e. The zero-order chi connectivity index (χ0) is 11.8. The van der Waals surface area contributed by atoms with Crippen LogP contribution >= 0.6 is 0 Å². The van der Waals surface area contributed by atoms with Gasteiger partial charge in [-0.25, -0.2) is 9.18 Å². The van der Waals surface area contributed by atoms with Gasteiger partial charge in [0, 0.05) is 0 Å². The zero-order valence-electron chi connectivity index (χ0n) is 8.57. The monoisotopic (exact) mass is 225 g/mol. The third kappa shape index (κ3) is 2.14. The van der Waals surface area contributed by atoms with Crippen LogP contribution in [0.4, 0.5) is 4.39 Å². The molecule has 0 atom stereocenters. The summed E-state index contributed by atoms with van der Waals surface area (Å²) in [5, 5.41) is 8.84. The number of carboxylic acids is 1. The van der Waals surface area contributed by atoms with Crippen molar-refractivity contribution in [3.05, 3.63) is 29.6 Å². The van der Waals surface area contributed by atoms with Crippen molar-refractivity contribution in [2.45, 2.75) is 18.4 Å². The lowest BCUT2D eigenvalue weighted by atomic mass is 10.2. The molecule has 0 saturated heterocycles. The maximum atomic E-state index is 13.2. The molecule has 0 radical (unpaired) electrons. The zero-order valence-corrected chi connectivity index (χ0v) is 8.57. The Morgan fingerprint density at radius 2 is 2.25 bits per heavy atom. The lowest BCUT2D eigenvalue weighted by Gasteiger charge is -2.13. The molecule has 4 nitrogen and oxygen atoms in total. The van der Waals surface area contributed by atoms with E-state index in [9.17, 15) is 9.18 Å². The molecule has 3 N–H and O–H groups in total. The first-order valence-electron chi connectivity index (χ1n) is 4.95. The largest absolute Gasteiger partial charge is 0.491 e. The van der Waals surface area contributed by atoms with E-state index in [-0.39, 0.29) is 17.9 Å². The predicted octanol–water partition coefficient (Wildman–Crippen LogP) is 1.39. The summed E-state index contributed by atoms with van der Waals surface area (Å²) < 4.78 is 18.5. The molecule has 2 rings (SSSR count). The van der Waals surface area contributed by atoms with Crippen LogP contribution in [0.15, 0.2) is 18.2 Å². The van der Waals surface area contributed by atoms with Crippen LogP contribution in [-0.4, -0.2) is 23.2 Å². The fourth-order valence-corrected chi connectivity index (χ4v) is 1.36. The maximum absolute atomic E-state index is 13.2. The summed E-state index contributed by atoms with van der Waals surface area (Å²) in [6.45, 7) is 0.219. The molecule has 0 amide bonds. The van der Waals surface area contributed by atoms with Gasteiger partial charge in [-0.05, 0) is 25.0 Å². The van der Waals surface area contributed by atoms with Crippen molar-refractivity contribution in [2.75, 3.05) is 6.61 Å². The molecular formula is C11H12FNO3. The topological polar surface area (TPSA) is 72.5 Å². The standard InChI is InChI=1S/C11H12FNO3/c12-7-2-1-3-8(9(7)10(14)15)16-6-11(13)4-5-11/h1-3H,4-6,13H2,(H,14,15). The highest BCUT2D eigenvalue weighted by atomic mass is 19.1. The molecule has 1 aliphatic carbocycles. The average Bonchev–Trinajstić information content (AvgIpc) is 2.94. The van der Waals surface area contributed by atoms with E-state index in [1.165, 1.54) is 12.1 Å². The van der Waals surface area contributed by atoms with Crippen molar-refractivity contribution < 1.29 is 19.0 Å². The molecule has 0 unspecified atom stereocenters. The van der Waals surface area contributed by atoms with Crippen molar-refractivity contribution in [1.82, 2.24) is 0 Å². The van der Waals surface area contributed by atoms with Gasteiger partial charge in [-0.3, -0.25) is 0 Å². The number of nitrogens with two attached hydrogens (primary N) is 1. The summed E-state index contributed by atoms with van der Waals surface area (Å²) >= 11 is 0. The summed E-state index contributed by atoms with van der Waals surface area (Å²) in [6.07, 6.45) is 1.70. The molecule has 16 heavy (non-hydrogen) atoms. The molecule has 1 aliphatic rings. The van der Waals surface area contributed by atoms with Crippen molar-refractivity contribution >= 4 is 5.97 Å². The van der Waals surface area contributed by atoms with E-state index < -0.39 is 17.3 Å². The summed E-state index contributed by atoms with van der Waals surface area (Å²) in [7, 11) is 0. The minimum absolute atomic E-state index is 0.0317. The molecule has 0 heterocycles. The third-order valence-corrected chi connectivity index (χ3v) is 2.60. The Morgan fingerprint density at radius 3 is 2.81 bits per heavy atom. The smallest absolute Gasteiger partial charge is 0.342 e. The van der Waals surface area contributed by atoms with Gasteiger partial charge in [-0.15, -0.1) is 0 Å². The van der Waals surface area contributed by atoms with E-state index in [2.05, 4.69) is 0 Å². The molecule has 0 aromatic heterocycles. The Morgan fingerprint density at radius 1 is 1.56 bits per heavy atom. The minimum atomic E-state index is -1.34. The SMILES string of the molecule is NC1(COc2cccc(F)c2C(=O)O)CC1. The van der Waals surface area contributed by atoms with Crippen molar-refractivity contribution in [3.8, 4) is 5.75 Å². The Hall–Kier alpha value is -1.62. The second kappa shape index (κ2) is 3.75. The first-order valence-corrected chi connectivity index (χ1v) is 4.95. The second-order valence-corrected chi connectivity index (χ2v) is 4.07. The van der Waals surface area contributed by atoms with Gasteiger partial charge in [0.2, 0.25) is 0 Å². The van der Waals surface area contributed by atoms with Crippen molar-refractivity contribution in [1.29, 1.82) is 0 Å². The van der Waals surface area contributed by atoms with Gasteiger partial charge in [-0.1, -0.05) is 6.07 Å². The Kier molecular flexibility index (Phi) is 2.55. The molecule has 5 heteroatoms. The second-order valence-electron chi connectivity index (χ2n) is 4.07. The fraction of sp³-hybridized carbons (Fsp3) is 0.364. The number of ether oxygens (including phenoxy) is 1. The number of hydrogen-bond donors (Lipinski definition) is 2. The number of carboxylic acid groups (broad SMARTS) is 1. The highest BCUT2D eigenvalue weighted by Gasteiger charge is 2.39. The van der Waals surface area contributed by atoms with E-state index in [0.717, 1.165) is 18.9 Å². The van der Waals surface area contributed by atoms with E-state index >= 15 is 0 Å². The van der Waals surface area contributed by atoms with E-state index in [1.54, 1.807) is 0 Å². The number of halogens is 1. The molecule has 1 saturated carbocycles. The first-order chi connectivity index (χ1) is 7.52. The Bertz CT molecular complexity index is 429. The molecule has 1 aromatic carbocycles. The van der Waals surface area contributed by atoms with Crippen LogP contribution < -0.4 is 10.5 Å². The van der Waals surface area contributed by atoms with Crippen LogP contribution in [0.2, 0.25) is 0 Å². The van der Waals surface area contributed by atoms with Gasteiger partial charge in [0.15, 0.2) is 0 Å². The van der Waals surface area contributed by atoms with Crippen LogP contribution in [-0.2, 0) is 0 Å². The van der Waals surface area contributed by atoms with Crippen LogP contribution in [0.3, 0.4) is 0 Å². The van der Waals surface area contributed by atoms with Crippen molar-refractivity contribution in [3.63, 3.8) is 0 Å². The molecule has 1 fully saturated rings. The number of rotatable bonds is 4. The number of carbonyl (C=O) groups is 1. The van der Waals surface area contributed by atoms with Gasteiger partial charge in [0.25, 0.3) is 0 Å². The quantitative estimate of drug-likeness (QED) is 0.812. The molecule has 86 valence electrons. The number of hydrogen-bond acceptors (Lipinski definition) is 3. The third-order valence-electron chi connectivity index (χ3n) is 2.60. The van der Waals surface area contributed by atoms with Crippen LogP contribution in [0.25, 0.3) is 0 Å². The lowest BCUT2D eigenvalue weighted by Crippen LogP contribution is -2.30. The van der Waals surface area contributed by atoms with Gasteiger partial charge in [-0.2, -0.15) is 0 Å². The van der Waals surface area contributed by atoms with Gasteiger partial charge in [0.05, 0.1) is 5.54 Å². The Balaban J connectivity index is 2.19. The summed E-state index contributed by atoms with van der Waals surface area (Å²) in [4.78, 5) is 10.8. The molecule has 0 bridgehead atoms. The van der Waals surface area contributed by atoms with Crippen LogP contribution in [0.1, 0.15) is 23.2 Å². The summed E-state index contributed by atoms with van der Waals surface area (Å²) in [5.41, 5.74) is 5.00. The summed E-state index contributed by atoms with van der Waals surface area (Å²) in [6, 6.07) is 3.93. The predicted molar refractivity (Wildman–Crippen MR) is 55.0 cm³/mol. The van der Waals surface area contributed by atoms with E-state index in [1.807, 2.05) is 0 Å². The van der Waals surface area contributed by atoms with E-state index in [0.29, 0.717) is 0 Å². The highest BCUT2D eigenvalue weighted by Crippen LogP contribution is 2.33. The fourth-order valence-electron chi connectivity index (χ4n) is 1.36. The lowest BCUT2D eigenvalue weighted by molar-refractivity contribution is 0.0686. The highest BCUT2D eigenvalue weighted by molar-refractivity contribution is 5.91. The molecule has 0 aliphatic heterocycles. The Labute approximate surface area is 91.8 Å². The van der Waals surface area contributed by atoms with Gasteiger partial charge in [0.1, 0.15) is 23.7 Å². The van der Waals surface area contributed by atoms with Gasteiger partial charge >= 0.3 is 5.97 Å². The molecule has 1 aromatic rings. The summed E-state index contributed by atoms with van der Waals surface area (Å²) in [5.74, 6) is -2.11. The molecule has 0 spiro atoms. The van der Waals surface area contributed by atoms with Crippen LogP contribution in [0, 0.1) is 5.82 Å². The number of aromatic carboxylic acids is 1. The van der Waals surface area contributed by atoms with Gasteiger partial charge < -0.3 is 15.6 Å². The molecular weight excluding hydrogens is 213 g/mol. The van der Waals surface area contributed by atoms with Crippen LogP contribution in [0.5, 0.6) is 5.75 Å². The first kappa shape index (κ1) is 10.9. The van der Waals surface area contributed by atoms with Crippen molar-refractivity contribution in [2.24, 2.45) is 5.73 Å². The van der Waals surface area contributed by atoms with E-state index in [4.69, 9.17) is 15.6 Å².